The number of hydrogen-bond acceptors (Lipinski definition) is 3. The highest BCUT2D eigenvalue weighted by molar-refractivity contribution is 5.50. The maximum atomic E-state index is 5.11. The zero-order valence-corrected chi connectivity index (χ0v) is 7.87. The molecule has 0 saturated carbocycles. The minimum absolute atomic E-state index is 0. The molecule has 0 aliphatic carbocycles. The maximum Gasteiger partial charge on any atom is 0.203 e. The van der Waals surface area contributed by atoms with Crippen molar-refractivity contribution in [1.29, 1.82) is 0 Å². The van der Waals surface area contributed by atoms with Crippen LogP contribution in [0, 0.1) is 0 Å². The van der Waals surface area contributed by atoms with Gasteiger partial charge in [-0.3, -0.25) is 4.70 Å². The van der Waals surface area contributed by atoms with Crippen molar-refractivity contribution in [2.75, 3.05) is 21.3 Å². The number of ether oxygens (including phenoxy) is 3. The predicted molar refractivity (Wildman–Crippen MR) is 48.6 cm³/mol. The van der Waals surface area contributed by atoms with Crippen LogP contribution in [0.1, 0.15) is 0 Å². The smallest absolute Gasteiger partial charge is 0.203 e. The van der Waals surface area contributed by atoms with E-state index in [2.05, 4.69) is 0 Å². The van der Waals surface area contributed by atoms with Crippen LogP contribution < -0.4 is 14.2 Å². The molecule has 1 rings (SSSR count). The monoisotopic (exact) mass is 188 g/mol. The van der Waals surface area contributed by atoms with Crippen LogP contribution in [0.15, 0.2) is 18.2 Å². The van der Waals surface area contributed by atoms with E-state index in [1.54, 1.807) is 21.3 Å². The van der Waals surface area contributed by atoms with E-state index in [9.17, 15) is 0 Å². The molecule has 0 bridgehead atoms. The average molecular weight is 188 g/mol. The predicted octanol–water partition coefficient (Wildman–Crippen LogP) is 1.86. The number of rotatable bonds is 3. The van der Waals surface area contributed by atoms with E-state index in [0.717, 1.165) is 0 Å². The molecular formula is C9H13FO3. The van der Waals surface area contributed by atoms with E-state index in [1.807, 2.05) is 18.2 Å². The fourth-order valence-corrected chi connectivity index (χ4v) is 1.02. The number of para-hydroxylation sites is 1. The summed E-state index contributed by atoms with van der Waals surface area (Å²) >= 11 is 0. The Kier molecular flexibility index (Phi) is 4.66. The molecule has 0 unspecified atom stereocenters. The summed E-state index contributed by atoms with van der Waals surface area (Å²) in [7, 11) is 4.77. The molecule has 0 aromatic heterocycles. The average Bonchev–Trinajstić information content (AvgIpc) is 2.16. The molecule has 4 heteroatoms. The van der Waals surface area contributed by atoms with Crippen LogP contribution in [-0.4, -0.2) is 21.3 Å². The van der Waals surface area contributed by atoms with Crippen LogP contribution in [0.2, 0.25) is 0 Å². The Morgan fingerprint density at radius 2 is 1.31 bits per heavy atom. The van der Waals surface area contributed by atoms with Crippen LogP contribution >= 0.6 is 0 Å². The van der Waals surface area contributed by atoms with Crippen molar-refractivity contribution in [2.24, 2.45) is 0 Å². The van der Waals surface area contributed by atoms with Crippen LogP contribution in [0.25, 0.3) is 0 Å². The van der Waals surface area contributed by atoms with Gasteiger partial charge in [-0.1, -0.05) is 6.07 Å². The maximum absolute atomic E-state index is 5.11. The highest BCUT2D eigenvalue weighted by atomic mass is 19.0. The third-order valence-electron chi connectivity index (χ3n) is 1.59. The van der Waals surface area contributed by atoms with Crippen LogP contribution in [0.4, 0.5) is 4.70 Å². The molecule has 0 atom stereocenters. The summed E-state index contributed by atoms with van der Waals surface area (Å²) in [4.78, 5) is 0. The highest BCUT2D eigenvalue weighted by Gasteiger charge is 2.08. The van der Waals surface area contributed by atoms with E-state index in [4.69, 9.17) is 14.2 Å². The minimum atomic E-state index is 0. The van der Waals surface area contributed by atoms with Crippen molar-refractivity contribution in [3.8, 4) is 17.2 Å². The Labute approximate surface area is 76.6 Å². The lowest BCUT2D eigenvalue weighted by Crippen LogP contribution is -1.93. The van der Waals surface area contributed by atoms with Gasteiger partial charge < -0.3 is 14.2 Å². The normalized spacial score (nSPS) is 8.54. The first-order chi connectivity index (χ1) is 5.83. The molecule has 0 saturated heterocycles. The SMILES string of the molecule is COc1cccc(OC)c1OC.F. The zero-order chi connectivity index (χ0) is 8.97. The van der Waals surface area contributed by atoms with Gasteiger partial charge >= 0.3 is 0 Å². The van der Waals surface area contributed by atoms with Gasteiger partial charge in [0.05, 0.1) is 21.3 Å². The van der Waals surface area contributed by atoms with Gasteiger partial charge in [-0.25, -0.2) is 0 Å². The lowest BCUT2D eigenvalue weighted by molar-refractivity contribution is 0.324. The molecule has 0 amide bonds. The van der Waals surface area contributed by atoms with Crippen LogP contribution in [0.5, 0.6) is 17.2 Å². The second-order valence-corrected chi connectivity index (χ2v) is 2.20. The first-order valence-corrected chi connectivity index (χ1v) is 3.58. The first kappa shape index (κ1) is 11.6. The van der Waals surface area contributed by atoms with Gasteiger partial charge in [0, 0.05) is 0 Å². The molecule has 1 aromatic rings. The molecule has 0 N–H and O–H groups in total. The highest BCUT2D eigenvalue weighted by Crippen LogP contribution is 2.35. The summed E-state index contributed by atoms with van der Waals surface area (Å²) in [6.07, 6.45) is 0. The fraction of sp³-hybridized carbons (Fsp3) is 0.333. The summed E-state index contributed by atoms with van der Waals surface area (Å²) in [5, 5.41) is 0. The molecule has 0 spiro atoms. The molecular weight excluding hydrogens is 175 g/mol. The van der Waals surface area contributed by atoms with Gasteiger partial charge in [-0.2, -0.15) is 0 Å². The van der Waals surface area contributed by atoms with Crippen LogP contribution in [0.3, 0.4) is 0 Å². The summed E-state index contributed by atoms with van der Waals surface area (Å²) in [5.74, 6) is 1.98. The van der Waals surface area contributed by atoms with E-state index >= 15 is 0 Å². The number of methoxy groups -OCH3 is 3. The summed E-state index contributed by atoms with van der Waals surface area (Å²) in [5.41, 5.74) is 0. The Balaban J connectivity index is 0.00000144. The van der Waals surface area contributed by atoms with Crippen molar-refractivity contribution in [3.63, 3.8) is 0 Å². The quantitative estimate of drug-likeness (QED) is 0.724. The van der Waals surface area contributed by atoms with E-state index < -0.39 is 0 Å². The van der Waals surface area contributed by atoms with Gasteiger partial charge in [0.15, 0.2) is 11.5 Å². The van der Waals surface area contributed by atoms with Crippen LogP contribution in [-0.2, 0) is 0 Å². The third-order valence-corrected chi connectivity index (χ3v) is 1.59. The summed E-state index contributed by atoms with van der Waals surface area (Å²) in [6, 6.07) is 5.49. The lowest BCUT2D eigenvalue weighted by Gasteiger charge is -2.10. The van der Waals surface area contributed by atoms with Crippen molar-refractivity contribution < 1.29 is 18.9 Å². The Morgan fingerprint density at radius 1 is 0.846 bits per heavy atom. The van der Waals surface area contributed by atoms with E-state index in [-0.39, 0.29) is 4.70 Å². The van der Waals surface area contributed by atoms with Gasteiger partial charge in [0.25, 0.3) is 0 Å². The standard InChI is InChI=1S/C9H12O3.FH/c1-10-7-5-4-6-8(11-2)9(7)12-3;/h4-6H,1-3H3;1H. The van der Waals surface area contributed by atoms with Crippen molar-refractivity contribution in [3.05, 3.63) is 18.2 Å². The minimum Gasteiger partial charge on any atom is -0.493 e. The molecule has 1 aromatic carbocycles. The Morgan fingerprint density at radius 3 is 1.62 bits per heavy atom. The Hall–Kier alpha value is -1.45. The number of hydrogen-bond donors (Lipinski definition) is 0. The van der Waals surface area contributed by atoms with Crippen molar-refractivity contribution in [1.82, 2.24) is 0 Å². The number of benzene rings is 1. The van der Waals surface area contributed by atoms with Gasteiger partial charge in [-0.15, -0.1) is 0 Å². The molecule has 3 nitrogen and oxygen atoms in total. The lowest BCUT2D eigenvalue weighted by atomic mass is 10.3. The van der Waals surface area contributed by atoms with Crippen molar-refractivity contribution >= 4 is 0 Å². The third kappa shape index (κ3) is 2.24. The van der Waals surface area contributed by atoms with Gasteiger partial charge in [0.1, 0.15) is 0 Å². The number of halogens is 1. The molecule has 74 valence electrons. The second kappa shape index (κ2) is 5.24. The zero-order valence-electron chi connectivity index (χ0n) is 7.87. The fourth-order valence-electron chi connectivity index (χ4n) is 1.02. The Bertz CT molecular complexity index is 241. The van der Waals surface area contributed by atoms with Crippen molar-refractivity contribution in [2.45, 2.75) is 0 Å². The second-order valence-electron chi connectivity index (χ2n) is 2.20. The topological polar surface area (TPSA) is 27.7 Å². The molecule has 13 heavy (non-hydrogen) atoms. The van der Waals surface area contributed by atoms with E-state index in [1.165, 1.54) is 0 Å². The van der Waals surface area contributed by atoms with Gasteiger partial charge in [0.2, 0.25) is 5.75 Å². The largest absolute Gasteiger partial charge is 0.493 e. The molecule has 0 radical (unpaired) electrons. The molecule has 0 heterocycles. The first-order valence-electron chi connectivity index (χ1n) is 3.58. The molecule has 0 fully saturated rings. The van der Waals surface area contributed by atoms with Gasteiger partial charge in [-0.05, 0) is 12.1 Å². The summed E-state index contributed by atoms with van der Waals surface area (Å²) in [6.45, 7) is 0. The molecule has 0 aliphatic heterocycles. The summed E-state index contributed by atoms with van der Waals surface area (Å²) < 4.78 is 15.3. The molecule has 0 aliphatic rings. The van der Waals surface area contributed by atoms with E-state index in [0.29, 0.717) is 17.2 Å².